The number of benzene rings is 2. The molecule has 6 nitrogen and oxygen atoms in total. The van der Waals surface area contributed by atoms with Gasteiger partial charge in [-0.1, -0.05) is 29.4 Å². The monoisotopic (exact) mass is 376 g/mol. The molecule has 0 radical (unpaired) electrons. The lowest BCUT2D eigenvalue weighted by molar-refractivity contribution is 0.102. The third-order valence-corrected chi connectivity index (χ3v) is 4.78. The molecule has 0 aliphatic heterocycles. The normalized spacial score (nSPS) is 11.1. The highest BCUT2D eigenvalue weighted by molar-refractivity contribution is 7.15. The van der Waals surface area contributed by atoms with E-state index in [2.05, 4.69) is 20.3 Å². The fourth-order valence-electron chi connectivity index (χ4n) is 2.63. The molecule has 1 amide bonds. The summed E-state index contributed by atoms with van der Waals surface area (Å²) in [7, 11) is 1.49. The fourth-order valence-corrected chi connectivity index (χ4v) is 3.33. The van der Waals surface area contributed by atoms with Crippen LogP contribution < -0.4 is 5.32 Å². The molecule has 0 aliphatic carbocycles. The summed E-state index contributed by atoms with van der Waals surface area (Å²) in [6, 6.07) is 14.8. The highest BCUT2D eigenvalue weighted by Gasteiger charge is 2.08. The summed E-state index contributed by atoms with van der Waals surface area (Å²) in [5.74, 6) is -0.166. The quantitative estimate of drug-likeness (QED) is 0.417. The van der Waals surface area contributed by atoms with E-state index in [0.29, 0.717) is 5.56 Å². The predicted molar refractivity (Wildman–Crippen MR) is 108 cm³/mol. The largest absolute Gasteiger partial charge is 0.399 e. The number of imidazole rings is 1. The number of hydrogen-bond acceptors (Lipinski definition) is 5. The minimum Gasteiger partial charge on any atom is -0.399 e. The average Bonchev–Trinajstić information content (AvgIpc) is 3.29. The Labute approximate surface area is 159 Å². The second-order valence-corrected chi connectivity index (χ2v) is 6.66. The number of carbonyl (C=O) groups is 1. The lowest BCUT2D eigenvalue weighted by Crippen LogP contribution is -2.11. The van der Waals surface area contributed by atoms with Crippen LogP contribution >= 0.6 is 11.3 Å². The lowest BCUT2D eigenvalue weighted by Gasteiger charge is -2.06. The molecule has 4 rings (SSSR count). The molecular formula is C20H16N4O2S. The summed E-state index contributed by atoms with van der Waals surface area (Å²) < 4.78 is 2.00. The first kappa shape index (κ1) is 17.0. The van der Waals surface area contributed by atoms with Crippen molar-refractivity contribution in [1.29, 1.82) is 0 Å². The van der Waals surface area contributed by atoms with Crippen LogP contribution in [0, 0.1) is 0 Å². The number of rotatable bonds is 5. The third-order valence-electron chi connectivity index (χ3n) is 4.01. The molecule has 0 spiro atoms. The van der Waals surface area contributed by atoms with E-state index in [9.17, 15) is 4.79 Å². The van der Waals surface area contributed by atoms with Gasteiger partial charge in [-0.25, -0.2) is 4.98 Å². The molecule has 7 heteroatoms. The van der Waals surface area contributed by atoms with Crippen molar-refractivity contribution >= 4 is 34.1 Å². The Morgan fingerprint density at radius 3 is 2.67 bits per heavy atom. The molecule has 0 bridgehead atoms. The summed E-state index contributed by atoms with van der Waals surface area (Å²) in [5, 5.41) is 8.60. The second-order valence-electron chi connectivity index (χ2n) is 5.79. The number of nitrogens with zero attached hydrogens (tertiary/aromatic N) is 3. The maximum absolute atomic E-state index is 12.4. The fraction of sp³-hybridized carbons (Fsp3) is 0.0500. The van der Waals surface area contributed by atoms with E-state index in [1.807, 2.05) is 58.6 Å². The molecule has 4 aromatic rings. The first-order valence-electron chi connectivity index (χ1n) is 8.23. The van der Waals surface area contributed by atoms with E-state index in [-0.39, 0.29) is 5.91 Å². The Morgan fingerprint density at radius 2 is 1.96 bits per heavy atom. The zero-order valence-corrected chi connectivity index (χ0v) is 15.3. The number of thiazole rings is 1. The molecule has 2 aromatic heterocycles. The highest BCUT2D eigenvalue weighted by Crippen LogP contribution is 2.23. The number of nitrogens with one attached hydrogen (secondary N) is 1. The van der Waals surface area contributed by atoms with Gasteiger partial charge in [-0.3, -0.25) is 9.20 Å². The van der Waals surface area contributed by atoms with Gasteiger partial charge >= 0.3 is 0 Å². The van der Waals surface area contributed by atoms with Crippen molar-refractivity contribution in [1.82, 2.24) is 9.38 Å². The smallest absolute Gasteiger partial charge is 0.255 e. The molecule has 0 aliphatic rings. The van der Waals surface area contributed by atoms with Gasteiger partial charge in [0.05, 0.1) is 11.9 Å². The first-order valence-corrected chi connectivity index (χ1v) is 9.11. The zero-order chi connectivity index (χ0) is 18.6. The Balaban J connectivity index is 1.45. The van der Waals surface area contributed by atoms with Gasteiger partial charge in [0.2, 0.25) is 0 Å². The van der Waals surface area contributed by atoms with Gasteiger partial charge in [-0.05, 0) is 29.8 Å². The van der Waals surface area contributed by atoms with Crippen molar-refractivity contribution in [2.75, 3.05) is 12.4 Å². The molecule has 2 aromatic carbocycles. The Morgan fingerprint density at radius 1 is 1.19 bits per heavy atom. The molecule has 0 fully saturated rings. The molecular weight excluding hydrogens is 360 g/mol. The molecule has 0 saturated carbocycles. The van der Waals surface area contributed by atoms with E-state index in [4.69, 9.17) is 0 Å². The van der Waals surface area contributed by atoms with Crippen LogP contribution in [0.1, 0.15) is 15.9 Å². The number of anilines is 1. The Kier molecular flexibility index (Phi) is 4.67. The van der Waals surface area contributed by atoms with Gasteiger partial charge in [0.1, 0.15) is 7.11 Å². The van der Waals surface area contributed by atoms with Gasteiger partial charge in [0.25, 0.3) is 5.91 Å². The lowest BCUT2D eigenvalue weighted by atomic mass is 10.1. The number of fused-ring (bicyclic) bond motifs is 1. The van der Waals surface area contributed by atoms with Crippen LogP contribution in [0.4, 0.5) is 5.69 Å². The second kappa shape index (κ2) is 7.43. The SMILES string of the molecule is CO/N=C/c1ccc(C(=O)Nc2ccc(-c3cn4ccsc4n3)cc2)cc1. The number of aromatic nitrogens is 2. The van der Waals surface area contributed by atoms with Crippen LogP contribution in [0.25, 0.3) is 16.2 Å². The average molecular weight is 376 g/mol. The molecule has 1 N–H and O–H groups in total. The summed E-state index contributed by atoms with van der Waals surface area (Å²) in [5.41, 5.74) is 4.08. The number of amides is 1. The van der Waals surface area contributed by atoms with Crippen LogP contribution in [-0.4, -0.2) is 28.6 Å². The van der Waals surface area contributed by atoms with E-state index in [1.54, 1.807) is 29.7 Å². The summed E-state index contributed by atoms with van der Waals surface area (Å²) in [6.07, 6.45) is 5.56. The number of oxime groups is 1. The van der Waals surface area contributed by atoms with E-state index in [1.165, 1.54) is 7.11 Å². The molecule has 0 unspecified atom stereocenters. The summed E-state index contributed by atoms with van der Waals surface area (Å²) in [4.78, 5) is 22.6. The summed E-state index contributed by atoms with van der Waals surface area (Å²) in [6.45, 7) is 0. The topological polar surface area (TPSA) is 68.0 Å². The minimum absolute atomic E-state index is 0.166. The van der Waals surface area contributed by atoms with Crippen molar-refractivity contribution in [2.45, 2.75) is 0 Å². The third kappa shape index (κ3) is 3.73. The number of hydrogen-bond donors (Lipinski definition) is 1. The van der Waals surface area contributed by atoms with E-state index in [0.717, 1.165) is 27.5 Å². The molecule has 0 atom stereocenters. The number of carbonyl (C=O) groups excluding carboxylic acids is 1. The van der Waals surface area contributed by atoms with Gasteiger partial charge in [0, 0.05) is 34.6 Å². The van der Waals surface area contributed by atoms with Crippen molar-refractivity contribution < 1.29 is 9.63 Å². The van der Waals surface area contributed by atoms with Gasteiger partial charge in [0.15, 0.2) is 4.96 Å². The minimum atomic E-state index is -0.166. The van der Waals surface area contributed by atoms with E-state index >= 15 is 0 Å². The van der Waals surface area contributed by atoms with Crippen molar-refractivity contribution in [2.24, 2.45) is 5.16 Å². The van der Waals surface area contributed by atoms with Gasteiger partial charge < -0.3 is 10.2 Å². The van der Waals surface area contributed by atoms with Crippen molar-refractivity contribution in [3.63, 3.8) is 0 Å². The van der Waals surface area contributed by atoms with Crippen molar-refractivity contribution in [3.05, 3.63) is 77.4 Å². The zero-order valence-electron chi connectivity index (χ0n) is 14.5. The molecule has 0 saturated heterocycles. The van der Waals surface area contributed by atoms with E-state index < -0.39 is 0 Å². The Hall–Kier alpha value is -3.45. The Bertz CT molecular complexity index is 1070. The first-order chi connectivity index (χ1) is 13.2. The van der Waals surface area contributed by atoms with Crippen LogP contribution in [0.5, 0.6) is 0 Å². The standard InChI is InChI=1S/C20H16N4O2S/c1-26-21-12-14-2-4-16(5-3-14)19(25)22-17-8-6-15(7-9-17)18-13-24-10-11-27-20(24)23-18/h2-13H,1H3,(H,22,25)/b21-12+. The predicted octanol–water partition coefficient (Wildman–Crippen LogP) is 4.30. The van der Waals surface area contributed by atoms with Crippen LogP contribution in [0.15, 0.2) is 71.5 Å². The summed E-state index contributed by atoms with van der Waals surface area (Å²) >= 11 is 1.60. The molecule has 134 valence electrons. The molecule has 27 heavy (non-hydrogen) atoms. The van der Waals surface area contributed by atoms with Gasteiger partial charge in [-0.2, -0.15) is 0 Å². The van der Waals surface area contributed by atoms with Crippen molar-refractivity contribution in [3.8, 4) is 11.3 Å². The maximum atomic E-state index is 12.4. The van der Waals surface area contributed by atoms with Gasteiger partial charge in [-0.15, -0.1) is 11.3 Å². The maximum Gasteiger partial charge on any atom is 0.255 e. The molecule has 2 heterocycles. The van der Waals surface area contributed by atoms with Crippen LogP contribution in [0.3, 0.4) is 0 Å². The highest BCUT2D eigenvalue weighted by atomic mass is 32.1. The van der Waals surface area contributed by atoms with Crippen LogP contribution in [-0.2, 0) is 4.84 Å². The van der Waals surface area contributed by atoms with Crippen LogP contribution in [0.2, 0.25) is 0 Å².